The van der Waals surface area contributed by atoms with Crippen LogP contribution in [-0.2, 0) is 13.0 Å². The maximum atomic E-state index is 14.5. The summed E-state index contributed by atoms with van der Waals surface area (Å²) in [6.07, 6.45) is 1.20. The molecule has 4 nitrogen and oxygen atoms in total. The van der Waals surface area contributed by atoms with Crippen LogP contribution in [0.5, 0.6) is 0 Å². The van der Waals surface area contributed by atoms with E-state index in [0.29, 0.717) is 35.1 Å². The summed E-state index contributed by atoms with van der Waals surface area (Å²) in [5, 5.41) is 0. The number of nitrogens with zero attached hydrogens (tertiary/aromatic N) is 1. The predicted octanol–water partition coefficient (Wildman–Crippen LogP) is 4.56. The van der Waals surface area contributed by atoms with Crippen molar-refractivity contribution in [3.05, 3.63) is 106 Å². The molecule has 4 rings (SSSR count). The van der Waals surface area contributed by atoms with E-state index in [1.54, 1.807) is 35.2 Å². The van der Waals surface area contributed by atoms with Gasteiger partial charge in [-0.2, -0.15) is 0 Å². The van der Waals surface area contributed by atoms with E-state index < -0.39 is 5.91 Å². The third-order valence-electron chi connectivity index (χ3n) is 5.68. The van der Waals surface area contributed by atoms with Crippen LogP contribution in [0.2, 0.25) is 0 Å². The molecule has 0 bridgehead atoms. The van der Waals surface area contributed by atoms with Crippen molar-refractivity contribution in [3.63, 3.8) is 0 Å². The Hall–Kier alpha value is -3.47. The summed E-state index contributed by atoms with van der Waals surface area (Å²) in [5.74, 6) is -0.918. The number of fused-ring (bicyclic) bond motifs is 1. The molecule has 0 heterocycles. The van der Waals surface area contributed by atoms with Gasteiger partial charge in [0.2, 0.25) is 5.91 Å². The summed E-state index contributed by atoms with van der Waals surface area (Å²) in [7, 11) is 0. The zero-order valence-corrected chi connectivity index (χ0v) is 16.8. The highest BCUT2D eigenvalue weighted by Crippen LogP contribution is 2.39. The first-order valence-electron chi connectivity index (χ1n) is 9.98. The van der Waals surface area contributed by atoms with E-state index in [1.165, 1.54) is 6.07 Å². The fourth-order valence-corrected chi connectivity index (χ4v) is 4.27. The molecule has 0 unspecified atom stereocenters. The van der Waals surface area contributed by atoms with Crippen molar-refractivity contribution in [1.29, 1.82) is 0 Å². The lowest BCUT2D eigenvalue weighted by atomic mass is 10.0. The molecule has 0 radical (unpaired) electrons. The van der Waals surface area contributed by atoms with Crippen LogP contribution >= 0.6 is 0 Å². The number of amides is 2. The summed E-state index contributed by atoms with van der Waals surface area (Å²) in [4.78, 5) is 27.2. The highest BCUT2D eigenvalue weighted by molar-refractivity contribution is 5.96. The lowest BCUT2D eigenvalue weighted by molar-refractivity contribution is 0.0656. The molecule has 3 aromatic carbocycles. The van der Waals surface area contributed by atoms with Crippen LogP contribution in [-0.4, -0.2) is 16.7 Å². The Morgan fingerprint density at radius 3 is 2.50 bits per heavy atom. The van der Waals surface area contributed by atoms with Crippen molar-refractivity contribution < 1.29 is 14.0 Å². The van der Waals surface area contributed by atoms with Crippen LogP contribution in [0.4, 0.5) is 4.39 Å². The number of benzene rings is 3. The molecule has 0 aliphatic heterocycles. The highest BCUT2D eigenvalue weighted by atomic mass is 19.1. The third kappa shape index (κ3) is 3.71. The number of hydrogen-bond donors (Lipinski definition) is 1. The maximum absolute atomic E-state index is 14.5. The first-order chi connectivity index (χ1) is 14.5. The number of carbonyl (C=O) groups is 2. The van der Waals surface area contributed by atoms with Crippen molar-refractivity contribution in [3.8, 4) is 0 Å². The van der Waals surface area contributed by atoms with E-state index in [9.17, 15) is 14.0 Å². The summed E-state index contributed by atoms with van der Waals surface area (Å²) in [5.41, 5.74) is 9.50. The van der Waals surface area contributed by atoms with Gasteiger partial charge in [0.15, 0.2) is 0 Å². The molecule has 0 spiro atoms. The zero-order chi connectivity index (χ0) is 21.3. The minimum absolute atomic E-state index is 0.158. The molecule has 0 fully saturated rings. The van der Waals surface area contributed by atoms with Gasteiger partial charge < -0.3 is 10.6 Å². The molecule has 30 heavy (non-hydrogen) atoms. The average molecular weight is 402 g/mol. The van der Waals surface area contributed by atoms with Crippen LogP contribution in [0.3, 0.4) is 0 Å². The molecule has 5 heteroatoms. The molecule has 1 aliphatic rings. The third-order valence-corrected chi connectivity index (χ3v) is 5.68. The van der Waals surface area contributed by atoms with E-state index in [1.807, 2.05) is 37.3 Å². The van der Waals surface area contributed by atoms with Crippen LogP contribution in [0.25, 0.3) is 0 Å². The molecule has 2 amide bonds. The summed E-state index contributed by atoms with van der Waals surface area (Å²) in [6, 6.07) is 19.3. The largest absolute Gasteiger partial charge is 0.366 e. The topological polar surface area (TPSA) is 63.4 Å². The maximum Gasteiger partial charge on any atom is 0.254 e. The van der Waals surface area contributed by atoms with Crippen LogP contribution in [0.15, 0.2) is 66.7 Å². The normalized spacial score (nSPS) is 14.9. The fourth-order valence-electron chi connectivity index (χ4n) is 4.27. The second-order valence-corrected chi connectivity index (χ2v) is 7.69. The molecule has 1 aliphatic carbocycles. The van der Waals surface area contributed by atoms with Gasteiger partial charge in [-0.3, -0.25) is 9.59 Å². The van der Waals surface area contributed by atoms with Gasteiger partial charge in [0.1, 0.15) is 5.82 Å². The van der Waals surface area contributed by atoms with Gasteiger partial charge in [0.05, 0.1) is 6.04 Å². The van der Waals surface area contributed by atoms with Crippen molar-refractivity contribution in [2.45, 2.75) is 32.4 Å². The molecule has 1 atom stereocenters. The molecule has 0 saturated carbocycles. The van der Waals surface area contributed by atoms with Gasteiger partial charge in [-0.25, -0.2) is 4.39 Å². The summed E-state index contributed by atoms with van der Waals surface area (Å²) in [6.45, 7) is 2.07. The number of rotatable bonds is 5. The van der Waals surface area contributed by atoms with Crippen molar-refractivity contribution >= 4 is 11.8 Å². The Labute approximate surface area is 175 Å². The molecule has 0 saturated heterocycles. The molecule has 152 valence electrons. The van der Waals surface area contributed by atoms with E-state index >= 15 is 0 Å². The van der Waals surface area contributed by atoms with Gasteiger partial charge in [-0.1, -0.05) is 42.5 Å². The minimum Gasteiger partial charge on any atom is -0.366 e. The first kappa shape index (κ1) is 19.8. The van der Waals surface area contributed by atoms with Crippen molar-refractivity contribution in [2.24, 2.45) is 5.73 Å². The van der Waals surface area contributed by atoms with Crippen LogP contribution < -0.4 is 5.73 Å². The van der Waals surface area contributed by atoms with E-state index in [0.717, 1.165) is 11.1 Å². The van der Waals surface area contributed by atoms with Gasteiger partial charge in [0, 0.05) is 17.7 Å². The van der Waals surface area contributed by atoms with E-state index in [4.69, 9.17) is 5.73 Å². The molecule has 3 aromatic rings. The molecular weight excluding hydrogens is 379 g/mol. The number of carbonyl (C=O) groups excluding carboxylic acids is 2. The number of primary amides is 1. The number of halogens is 1. The number of nitrogens with two attached hydrogens (primary N) is 1. The zero-order valence-electron chi connectivity index (χ0n) is 16.8. The molecule has 2 N–H and O–H groups in total. The highest BCUT2D eigenvalue weighted by Gasteiger charge is 2.34. The molecule has 0 aromatic heterocycles. The van der Waals surface area contributed by atoms with Crippen LogP contribution in [0.1, 0.15) is 55.4 Å². The number of aryl methyl sites for hydroxylation is 1. The van der Waals surface area contributed by atoms with Crippen molar-refractivity contribution in [1.82, 2.24) is 4.90 Å². The monoisotopic (exact) mass is 402 g/mol. The average Bonchev–Trinajstić information content (AvgIpc) is 3.16. The Balaban J connectivity index is 1.79. The lowest BCUT2D eigenvalue weighted by Gasteiger charge is -2.31. The van der Waals surface area contributed by atoms with Gasteiger partial charge >= 0.3 is 0 Å². The van der Waals surface area contributed by atoms with Gasteiger partial charge in [-0.05, 0) is 66.3 Å². The Bertz CT molecular complexity index is 1110. The van der Waals surface area contributed by atoms with Crippen LogP contribution in [0, 0.1) is 12.7 Å². The Kier molecular flexibility index (Phi) is 5.36. The second kappa shape index (κ2) is 8.11. The van der Waals surface area contributed by atoms with E-state index in [-0.39, 0.29) is 24.3 Å². The van der Waals surface area contributed by atoms with E-state index in [2.05, 4.69) is 0 Å². The SMILES string of the molecule is Cc1cc(F)c2c(c1)[C@H](N(Cc1ccccc1C(N)=O)C(=O)c1ccccc1)CC2. The minimum atomic E-state index is -0.536. The number of hydrogen-bond acceptors (Lipinski definition) is 2. The Morgan fingerprint density at radius 2 is 1.77 bits per heavy atom. The van der Waals surface area contributed by atoms with Crippen molar-refractivity contribution in [2.75, 3.05) is 0 Å². The fraction of sp³-hybridized carbons (Fsp3) is 0.200. The van der Waals surface area contributed by atoms with Gasteiger partial charge in [0.25, 0.3) is 5.91 Å². The Morgan fingerprint density at radius 1 is 1.07 bits per heavy atom. The van der Waals surface area contributed by atoms with Gasteiger partial charge in [-0.15, -0.1) is 0 Å². The predicted molar refractivity (Wildman–Crippen MR) is 113 cm³/mol. The second-order valence-electron chi connectivity index (χ2n) is 7.69. The summed E-state index contributed by atoms with van der Waals surface area (Å²) < 4.78 is 14.5. The molecular formula is C25H23FN2O2. The standard InChI is InChI=1S/C25H23FN2O2/c1-16-13-21-20(22(26)14-16)11-12-23(21)28(25(30)17-7-3-2-4-8-17)15-18-9-5-6-10-19(18)24(27)29/h2-10,13-14,23H,11-12,15H2,1H3,(H2,27,29)/t23-/m1/s1. The summed E-state index contributed by atoms with van der Waals surface area (Å²) >= 11 is 0. The lowest BCUT2D eigenvalue weighted by Crippen LogP contribution is -2.34. The quantitative estimate of drug-likeness (QED) is 0.680. The smallest absolute Gasteiger partial charge is 0.254 e. The first-order valence-corrected chi connectivity index (χ1v) is 9.98.